The van der Waals surface area contributed by atoms with Crippen LogP contribution >= 0.6 is 0 Å². The number of amides is 2. The molecule has 0 unspecified atom stereocenters. The summed E-state index contributed by atoms with van der Waals surface area (Å²) in [6.07, 6.45) is 0.621. The molecule has 1 N–H and O–H groups in total. The third-order valence-corrected chi connectivity index (χ3v) is 4.41. The molecular formula is C20H15NO3. The van der Waals surface area contributed by atoms with E-state index in [1.807, 2.05) is 30.3 Å². The van der Waals surface area contributed by atoms with Gasteiger partial charge in [0.05, 0.1) is 11.1 Å². The van der Waals surface area contributed by atoms with Gasteiger partial charge >= 0.3 is 0 Å². The maximum atomic E-state index is 12.8. The number of carbonyl (C=O) groups is 2. The van der Waals surface area contributed by atoms with Crippen molar-refractivity contribution in [1.82, 2.24) is 4.90 Å². The van der Waals surface area contributed by atoms with Crippen molar-refractivity contribution in [3.63, 3.8) is 0 Å². The highest BCUT2D eigenvalue weighted by Gasteiger charge is 2.36. The highest BCUT2D eigenvalue weighted by molar-refractivity contribution is 6.26. The zero-order chi connectivity index (χ0) is 16.7. The van der Waals surface area contributed by atoms with Crippen LogP contribution in [-0.2, 0) is 6.42 Å². The van der Waals surface area contributed by atoms with Crippen LogP contribution in [0.15, 0.2) is 60.7 Å². The van der Waals surface area contributed by atoms with E-state index in [0.29, 0.717) is 29.5 Å². The lowest BCUT2D eigenvalue weighted by molar-refractivity contribution is 0.0657. The maximum absolute atomic E-state index is 12.8. The third kappa shape index (κ3) is 2.24. The first-order valence-electron chi connectivity index (χ1n) is 7.81. The molecule has 4 nitrogen and oxygen atoms in total. The SMILES string of the molecule is O=C1c2ccc3ccc(O)cc3c2C(=O)N1CCc1ccccc1. The van der Waals surface area contributed by atoms with Crippen LogP contribution in [0, 0.1) is 0 Å². The third-order valence-electron chi connectivity index (χ3n) is 4.41. The molecule has 0 atom stereocenters. The van der Waals surface area contributed by atoms with E-state index < -0.39 is 0 Å². The first kappa shape index (κ1) is 14.5. The molecule has 4 rings (SSSR count). The number of benzene rings is 3. The molecule has 0 saturated heterocycles. The smallest absolute Gasteiger partial charge is 0.262 e. The summed E-state index contributed by atoms with van der Waals surface area (Å²) in [5.41, 5.74) is 1.88. The highest BCUT2D eigenvalue weighted by atomic mass is 16.3. The molecule has 0 aliphatic carbocycles. The van der Waals surface area contributed by atoms with Gasteiger partial charge < -0.3 is 5.11 Å². The summed E-state index contributed by atoms with van der Waals surface area (Å²) >= 11 is 0. The number of hydrogen-bond acceptors (Lipinski definition) is 3. The molecule has 1 aliphatic rings. The van der Waals surface area contributed by atoms with Gasteiger partial charge in [-0.05, 0) is 41.0 Å². The molecule has 0 fully saturated rings. The Bertz CT molecular complexity index is 963. The summed E-state index contributed by atoms with van der Waals surface area (Å²) < 4.78 is 0. The first-order chi connectivity index (χ1) is 11.6. The van der Waals surface area contributed by atoms with Crippen molar-refractivity contribution < 1.29 is 14.7 Å². The summed E-state index contributed by atoms with van der Waals surface area (Å²) in [6, 6.07) is 18.1. The summed E-state index contributed by atoms with van der Waals surface area (Å²) in [5.74, 6) is -0.475. The number of hydrogen-bond donors (Lipinski definition) is 1. The molecule has 0 saturated carbocycles. The van der Waals surface area contributed by atoms with Crippen molar-refractivity contribution in [2.45, 2.75) is 6.42 Å². The average molecular weight is 317 g/mol. The molecule has 2 amide bonds. The molecule has 3 aromatic carbocycles. The molecule has 0 spiro atoms. The highest BCUT2D eigenvalue weighted by Crippen LogP contribution is 2.32. The Hall–Kier alpha value is -3.14. The second-order valence-corrected chi connectivity index (χ2v) is 5.89. The Balaban J connectivity index is 1.70. The van der Waals surface area contributed by atoms with Crippen LogP contribution in [0.25, 0.3) is 10.8 Å². The molecule has 4 heteroatoms. The van der Waals surface area contributed by atoms with Crippen molar-refractivity contribution in [3.8, 4) is 5.75 Å². The largest absolute Gasteiger partial charge is 0.508 e. The molecule has 1 aliphatic heterocycles. The monoisotopic (exact) mass is 317 g/mol. The predicted octanol–water partition coefficient (Wildman–Crippen LogP) is 3.38. The van der Waals surface area contributed by atoms with Crippen LogP contribution in [0.5, 0.6) is 5.75 Å². The molecule has 3 aromatic rings. The van der Waals surface area contributed by atoms with Crippen molar-refractivity contribution in [2.24, 2.45) is 0 Å². The van der Waals surface area contributed by atoms with Crippen LogP contribution in [0.1, 0.15) is 26.3 Å². The van der Waals surface area contributed by atoms with Crippen LogP contribution < -0.4 is 0 Å². The molecule has 24 heavy (non-hydrogen) atoms. The minimum Gasteiger partial charge on any atom is -0.508 e. The van der Waals surface area contributed by atoms with Gasteiger partial charge in [-0.25, -0.2) is 0 Å². The number of phenols is 1. The zero-order valence-corrected chi connectivity index (χ0v) is 12.9. The molecule has 1 heterocycles. The van der Waals surface area contributed by atoms with Gasteiger partial charge in [-0.15, -0.1) is 0 Å². The van der Waals surface area contributed by atoms with E-state index in [0.717, 1.165) is 10.9 Å². The Morgan fingerprint density at radius 3 is 2.42 bits per heavy atom. The van der Waals surface area contributed by atoms with Gasteiger partial charge in [0, 0.05) is 6.54 Å². The van der Waals surface area contributed by atoms with E-state index in [1.54, 1.807) is 30.3 Å². The van der Waals surface area contributed by atoms with Crippen molar-refractivity contribution >= 4 is 22.6 Å². The van der Waals surface area contributed by atoms with Gasteiger partial charge in [0.1, 0.15) is 5.75 Å². The second kappa shape index (κ2) is 5.49. The van der Waals surface area contributed by atoms with E-state index in [9.17, 15) is 14.7 Å². The minimum atomic E-state index is -0.290. The fourth-order valence-corrected chi connectivity index (χ4v) is 3.18. The van der Waals surface area contributed by atoms with Crippen molar-refractivity contribution in [3.05, 3.63) is 77.4 Å². The predicted molar refractivity (Wildman–Crippen MR) is 91.1 cm³/mol. The Kier molecular flexibility index (Phi) is 3.31. The fourth-order valence-electron chi connectivity index (χ4n) is 3.18. The number of carbonyl (C=O) groups excluding carboxylic acids is 2. The molecule has 0 radical (unpaired) electrons. The van der Waals surface area contributed by atoms with Gasteiger partial charge in [0.2, 0.25) is 0 Å². The minimum absolute atomic E-state index is 0.0823. The molecule has 0 aromatic heterocycles. The van der Waals surface area contributed by atoms with Gasteiger partial charge in [0.25, 0.3) is 11.8 Å². The number of nitrogens with zero attached hydrogens (tertiary/aromatic N) is 1. The Morgan fingerprint density at radius 1 is 0.875 bits per heavy atom. The van der Waals surface area contributed by atoms with Crippen LogP contribution in [0.2, 0.25) is 0 Å². The molecular weight excluding hydrogens is 302 g/mol. The zero-order valence-electron chi connectivity index (χ0n) is 12.9. The molecule has 118 valence electrons. The maximum Gasteiger partial charge on any atom is 0.262 e. The lowest BCUT2D eigenvalue weighted by atomic mass is 10.0. The van der Waals surface area contributed by atoms with Gasteiger partial charge in [-0.1, -0.05) is 42.5 Å². The van der Waals surface area contributed by atoms with E-state index in [1.165, 1.54) is 4.90 Å². The number of phenolic OH excluding ortho intramolecular Hbond substituents is 1. The molecule has 0 bridgehead atoms. The first-order valence-corrected chi connectivity index (χ1v) is 7.81. The number of rotatable bonds is 3. The quantitative estimate of drug-likeness (QED) is 0.753. The second-order valence-electron chi connectivity index (χ2n) is 5.89. The summed E-state index contributed by atoms with van der Waals surface area (Å²) in [4.78, 5) is 26.7. The lowest BCUT2D eigenvalue weighted by Gasteiger charge is -2.13. The van der Waals surface area contributed by atoms with E-state index >= 15 is 0 Å². The lowest BCUT2D eigenvalue weighted by Crippen LogP contribution is -2.31. The summed E-state index contributed by atoms with van der Waals surface area (Å²) in [6.45, 7) is 0.344. The summed E-state index contributed by atoms with van der Waals surface area (Å²) in [7, 11) is 0. The Labute approximate surface area is 139 Å². The number of fused-ring (bicyclic) bond motifs is 3. The fraction of sp³-hybridized carbons (Fsp3) is 0.100. The van der Waals surface area contributed by atoms with E-state index in [-0.39, 0.29) is 17.6 Å². The van der Waals surface area contributed by atoms with Crippen molar-refractivity contribution in [1.29, 1.82) is 0 Å². The van der Waals surface area contributed by atoms with E-state index in [2.05, 4.69) is 0 Å². The van der Waals surface area contributed by atoms with Crippen molar-refractivity contribution in [2.75, 3.05) is 6.54 Å². The normalized spacial score (nSPS) is 13.6. The Morgan fingerprint density at radius 2 is 1.62 bits per heavy atom. The van der Waals surface area contributed by atoms with Crippen LogP contribution in [0.3, 0.4) is 0 Å². The summed E-state index contributed by atoms with van der Waals surface area (Å²) in [5, 5.41) is 11.2. The van der Waals surface area contributed by atoms with Gasteiger partial charge in [-0.3, -0.25) is 14.5 Å². The topological polar surface area (TPSA) is 57.6 Å². The van der Waals surface area contributed by atoms with Crippen LogP contribution in [0.4, 0.5) is 0 Å². The van der Waals surface area contributed by atoms with Crippen LogP contribution in [-0.4, -0.2) is 28.4 Å². The van der Waals surface area contributed by atoms with Gasteiger partial charge in [-0.2, -0.15) is 0 Å². The van der Waals surface area contributed by atoms with E-state index in [4.69, 9.17) is 0 Å². The number of imide groups is 1. The van der Waals surface area contributed by atoms with Gasteiger partial charge in [0.15, 0.2) is 0 Å². The number of aromatic hydroxyl groups is 1. The standard InChI is InChI=1S/C20H15NO3/c22-15-8-6-14-7-9-16-18(17(14)12-15)20(24)21(19(16)23)11-10-13-4-2-1-3-5-13/h1-9,12,22H,10-11H2. The average Bonchev–Trinajstić information content (AvgIpc) is 2.85.